The molecule has 4 rings (SSSR count). The van der Waals surface area contributed by atoms with Crippen molar-refractivity contribution in [3.8, 4) is 16.8 Å². The first kappa shape index (κ1) is 25.2. The summed E-state index contributed by atoms with van der Waals surface area (Å²) < 4.78 is 2.22. The SMILES string of the molecule is CCN(CC)c1ccc(C=Cc2cc(-c3ccc(N(CC)CC)cc3)c[n+](-c3ccccc3)c2)cc1. The van der Waals surface area contributed by atoms with Crippen molar-refractivity contribution >= 4 is 23.5 Å². The Morgan fingerprint density at radius 1 is 0.556 bits per heavy atom. The van der Waals surface area contributed by atoms with Crippen molar-refractivity contribution in [3.05, 3.63) is 108 Å². The summed E-state index contributed by atoms with van der Waals surface area (Å²) in [6.07, 6.45) is 8.82. The van der Waals surface area contributed by atoms with Crippen molar-refractivity contribution in [1.29, 1.82) is 0 Å². The molecule has 0 spiro atoms. The molecule has 1 heterocycles. The predicted molar refractivity (Wildman–Crippen MR) is 156 cm³/mol. The minimum Gasteiger partial charge on any atom is -0.372 e. The van der Waals surface area contributed by atoms with E-state index in [4.69, 9.17) is 0 Å². The largest absolute Gasteiger partial charge is 0.372 e. The van der Waals surface area contributed by atoms with Crippen molar-refractivity contribution in [1.82, 2.24) is 0 Å². The molecule has 3 nitrogen and oxygen atoms in total. The lowest BCUT2D eigenvalue weighted by molar-refractivity contribution is -0.595. The van der Waals surface area contributed by atoms with E-state index in [1.54, 1.807) is 0 Å². The zero-order valence-electron chi connectivity index (χ0n) is 22.1. The van der Waals surface area contributed by atoms with Crippen molar-refractivity contribution < 1.29 is 4.57 Å². The number of benzene rings is 3. The molecular weight excluding hydrogens is 438 g/mol. The normalized spacial score (nSPS) is 11.1. The zero-order valence-corrected chi connectivity index (χ0v) is 22.1. The Kier molecular flexibility index (Phi) is 8.57. The van der Waals surface area contributed by atoms with Crippen LogP contribution < -0.4 is 14.4 Å². The van der Waals surface area contributed by atoms with Crippen LogP contribution in [-0.4, -0.2) is 26.2 Å². The van der Waals surface area contributed by atoms with E-state index >= 15 is 0 Å². The van der Waals surface area contributed by atoms with Gasteiger partial charge in [-0.3, -0.25) is 0 Å². The van der Waals surface area contributed by atoms with Crippen LogP contribution in [0.5, 0.6) is 0 Å². The zero-order chi connectivity index (χ0) is 25.3. The van der Waals surface area contributed by atoms with E-state index in [9.17, 15) is 0 Å². The quantitative estimate of drug-likeness (QED) is 0.219. The molecule has 184 valence electrons. The highest BCUT2D eigenvalue weighted by molar-refractivity contribution is 5.73. The van der Waals surface area contributed by atoms with Gasteiger partial charge in [0.15, 0.2) is 12.4 Å². The molecule has 0 N–H and O–H groups in total. The average molecular weight is 477 g/mol. The Labute approximate surface area is 217 Å². The second-order valence-electron chi connectivity index (χ2n) is 8.92. The molecule has 0 aliphatic carbocycles. The minimum absolute atomic E-state index is 1.01. The molecular formula is C33H38N3+. The first-order valence-corrected chi connectivity index (χ1v) is 13.1. The molecule has 0 amide bonds. The van der Waals surface area contributed by atoms with E-state index in [0.29, 0.717) is 0 Å². The van der Waals surface area contributed by atoms with Crippen LogP contribution in [0.15, 0.2) is 97.3 Å². The van der Waals surface area contributed by atoms with Crippen LogP contribution in [0.2, 0.25) is 0 Å². The molecule has 0 saturated carbocycles. The first-order valence-electron chi connectivity index (χ1n) is 13.1. The molecule has 0 aliphatic rings. The number of hydrogen-bond acceptors (Lipinski definition) is 2. The van der Waals surface area contributed by atoms with Crippen LogP contribution in [0.25, 0.3) is 29.0 Å². The number of nitrogens with zero attached hydrogens (tertiary/aromatic N) is 3. The fraction of sp³-hybridized carbons (Fsp3) is 0.242. The van der Waals surface area contributed by atoms with Crippen LogP contribution in [0, 0.1) is 0 Å². The van der Waals surface area contributed by atoms with E-state index in [1.807, 2.05) is 0 Å². The van der Waals surface area contributed by atoms with Crippen LogP contribution in [0.3, 0.4) is 0 Å². The maximum Gasteiger partial charge on any atom is 0.210 e. The van der Waals surface area contributed by atoms with Gasteiger partial charge in [0.25, 0.3) is 0 Å². The molecule has 0 atom stereocenters. The predicted octanol–water partition coefficient (Wildman–Crippen LogP) is 7.49. The fourth-order valence-electron chi connectivity index (χ4n) is 4.63. The van der Waals surface area contributed by atoms with Gasteiger partial charge in [-0.1, -0.05) is 48.5 Å². The van der Waals surface area contributed by atoms with Gasteiger partial charge in [0.1, 0.15) is 0 Å². The smallest absolute Gasteiger partial charge is 0.210 e. The number of aromatic nitrogens is 1. The van der Waals surface area contributed by atoms with E-state index in [1.165, 1.54) is 28.1 Å². The van der Waals surface area contributed by atoms with Gasteiger partial charge in [-0.15, -0.1) is 0 Å². The second-order valence-corrected chi connectivity index (χ2v) is 8.92. The van der Waals surface area contributed by atoms with Crippen molar-refractivity contribution in [2.75, 3.05) is 36.0 Å². The molecule has 3 aromatic carbocycles. The van der Waals surface area contributed by atoms with Crippen LogP contribution >= 0.6 is 0 Å². The van der Waals surface area contributed by atoms with Gasteiger partial charge in [0.05, 0.1) is 0 Å². The lowest BCUT2D eigenvalue weighted by Crippen LogP contribution is -2.30. The number of para-hydroxylation sites is 1. The Morgan fingerprint density at radius 3 is 1.64 bits per heavy atom. The summed E-state index contributed by atoms with van der Waals surface area (Å²) in [5.41, 5.74) is 8.47. The molecule has 1 aromatic heterocycles. The number of anilines is 2. The molecule has 4 aromatic rings. The Hall–Kier alpha value is -3.85. The first-order chi connectivity index (χ1) is 17.6. The molecule has 0 unspecified atom stereocenters. The summed E-state index contributed by atoms with van der Waals surface area (Å²) >= 11 is 0. The summed E-state index contributed by atoms with van der Waals surface area (Å²) in [7, 11) is 0. The second kappa shape index (κ2) is 12.2. The van der Waals surface area contributed by atoms with Gasteiger partial charge in [0, 0.05) is 60.8 Å². The molecule has 36 heavy (non-hydrogen) atoms. The van der Waals surface area contributed by atoms with E-state index in [-0.39, 0.29) is 0 Å². The number of hydrogen-bond donors (Lipinski definition) is 0. The van der Waals surface area contributed by atoms with Crippen LogP contribution in [-0.2, 0) is 0 Å². The Bertz CT molecular complexity index is 1250. The van der Waals surface area contributed by atoms with Gasteiger partial charge in [-0.05, 0) is 75.2 Å². The topological polar surface area (TPSA) is 10.4 Å². The molecule has 0 bridgehead atoms. The Balaban J connectivity index is 1.67. The lowest BCUT2D eigenvalue weighted by atomic mass is 10.0. The molecule has 0 aliphatic heterocycles. The maximum atomic E-state index is 2.37. The standard InChI is InChI=1S/C33H38N3/c1-5-34(6-2)32-20-16-27(17-21-32)14-15-28-24-30(26-36(25-28)31-12-10-9-11-13-31)29-18-22-33(23-19-29)35(7-3)8-4/h9-26H,5-8H2,1-4H3/q+1. The summed E-state index contributed by atoms with van der Waals surface area (Å²) in [5, 5.41) is 0. The summed E-state index contributed by atoms with van der Waals surface area (Å²) in [4.78, 5) is 4.74. The molecule has 3 heteroatoms. The molecule has 0 radical (unpaired) electrons. The minimum atomic E-state index is 1.01. The lowest BCUT2D eigenvalue weighted by Gasteiger charge is -2.21. The van der Waals surface area contributed by atoms with E-state index in [2.05, 4.69) is 152 Å². The number of rotatable bonds is 10. The van der Waals surface area contributed by atoms with Gasteiger partial charge >= 0.3 is 0 Å². The van der Waals surface area contributed by atoms with Gasteiger partial charge in [-0.2, -0.15) is 4.57 Å². The van der Waals surface area contributed by atoms with Crippen molar-refractivity contribution in [2.45, 2.75) is 27.7 Å². The van der Waals surface area contributed by atoms with Crippen molar-refractivity contribution in [3.63, 3.8) is 0 Å². The van der Waals surface area contributed by atoms with E-state index in [0.717, 1.165) is 37.4 Å². The number of pyridine rings is 1. The van der Waals surface area contributed by atoms with Gasteiger partial charge in [-0.25, -0.2) is 0 Å². The molecule has 0 saturated heterocycles. The highest BCUT2D eigenvalue weighted by atomic mass is 15.1. The van der Waals surface area contributed by atoms with Gasteiger partial charge in [0.2, 0.25) is 5.69 Å². The average Bonchev–Trinajstić information content (AvgIpc) is 2.94. The third-order valence-electron chi connectivity index (χ3n) is 6.76. The Morgan fingerprint density at radius 2 is 1.08 bits per heavy atom. The monoisotopic (exact) mass is 476 g/mol. The van der Waals surface area contributed by atoms with Crippen LogP contribution in [0.4, 0.5) is 11.4 Å². The maximum absolute atomic E-state index is 2.37. The highest BCUT2D eigenvalue weighted by Gasteiger charge is 2.12. The summed E-state index contributed by atoms with van der Waals surface area (Å²) in [5.74, 6) is 0. The highest BCUT2D eigenvalue weighted by Crippen LogP contribution is 2.24. The molecule has 0 fully saturated rings. The third kappa shape index (κ3) is 6.04. The van der Waals surface area contributed by atoms with Gasteiger partial charge < -0.3 is 9.80 Å². The fourth-order valence-corrected chi connectivity index (χ4v) is 4.63. The summed E-state index contributed by atoms with van der Waals surface area (Å²) in [6, 6.07) is 30.5. The summed E-state index contributed by atoms with van der Waals surface area (Å²) in [6.45, 7) is 12.9. The van der Waals surface area contributed by atoms with Crippen LogP contribution in [0.1, 0.15) is 38.8 Å². The third-order valence-corrected chi connectivity index (χ3v) is 6.76. The van der Waals surface area contributed by atoms with E-state index < -0.39 is 0 Å². The van der Waals surface area contributed by atoms with Crippen molar-refractivity contribution in [2.24, 2.45) is 0 Å².